The van der Waals surface area contributed by atoms with Crippen molar-refractivity contribution >= 4 is 27.5 Å². The summed E-state index contributed by atoms with van der Waals surface area (Å²) in [6.45, 7) is 1.38. The molecule has 1 fully saturated rings. The van der Waals surface area contributed by atoms with Gasteiger partial charge in [-0.15, -0.1) is 0 Å². The van der Waals surface area contributed by atoms with Gasteiger partial charge in [0.1, 0.15) is 24.1 Å². The van der Waals surface area contributed by atoms with Gasteiger partial charge in [-0.2, -0.15) is 0 Å². The van der Waals surface area contributed by atoms with Crippen LogP contribution in [0.15, 0.2) is 83.8 Å². The molecule has 2 amide bonds. The normalized spacial score (nSPS) is 14.2. The van der Waals surface area contributed by atoms with Crippen LogP contribution in [-0.4, -0.2) is 64.5 Å². The molecule has 1 N–H and O–H groups in total. The molecule has 10 heteroatoms. The summed E-state index contributed by atoms with van der Waals surface area (Å²) in [5.74, 6) is -0.105. The van der Waals surface area contributed by atoms with Crippen molar-refractivity contribution in [2.24, 2.45) is 0 Å². The molecule has 0 spiro atoms. The number of methoxy groups -OCH3 is 2. The van der Waals surface area contributed by atoms with E-state index in [0.717, 1.165) is 35.6 Å². The van der Waals surface area contributed by atoms with Crippen molar-refractivity contribution in [3.05, 3.63) is 84.4 Å². The second-order valence-corrected chi connectivity index (χ2v) is 12.2. The maximum absolute atomic E-state index is 14.1. The van der Waals surface area contributed by atoms with Gasteiger partial charge in [-0.3, -0.25) is 13.9 Å². The van der Waals surface area contributed by atoms with Crippen molar-refractivity contribution in [3.8, 4) is 11.5 Å². The van der Waals surface area contributed by atoms with Crippen LogP contribution in [0.3, 0.4) is 0 Å². The van der Waals surface area contributed by atoms with Gasteiger partial charge in [-0.05, 0) is 56.0 Å². The van der Waals surface area contributed by atoms with Crippen LogP contribution in [0.2, 0.25) is 0 Å². The van der Waals surface area contributed by atoms with Crippen molar-refractivity contribution in [2.45, 2.75) is 56.0 Å². The third kappa shape index (κ3) is 7.42. The molecule has 1 saturated carbocycles. The SMILES string of the molecule is COc1ccc(OC)c(N(CC(=O)N(CCc2ccccc2)C(C)C(=O)NC2CCCC2)S(=O)(=O)c2ccccc2)c1. The summed E-state index contributed by atoms with van der Waals surface area (Å²) < 4.78 is 40.0. The zero-order chi connectivity index (χ0) is 30.1. The number of rotatable bonds is 13. The molecule has 224 valence electrons. The van der Waals surface area contributed by atoms with E-state index in [0.29, 0.717) is 12.2 Å². The minimum atomic E-state index is -4.22. The molecule has 0 aromatic heterocycles. The lowest BCUT2D eigenvalue weighted by molar-refractivity contribution is -0.139. The minimum Gasteiger partial charge on any atom is -0.497 e. The molecule has 9 nitrogen and oxygen atoms in total. The van der Waals surface area contributed by atoms with Crippen LogP contribution in [0.5, 0.6) is 11.5 Å². The van der Waals surface area contributed by atoms with Crippen LogP contribution >= 0.6 is 0 Å². The van der Waals surface area contributed by atoms with Gasteiger partial charge in [-0.1, -0.05) is 61.4 Å². The Labute approximate surface area is 248 Å². The van der Waals surface area contributed by atoms with Crippen molar-refractivity contribution in [3.63, 3.8) is 0 Å². The number of carbonyl (C=O) groups excluding carboxylic acids is 2. The highest BCUT2D eigenvalue weighted by Crippen LogP contribution is 2.36. The molecule has 4 rings (SSSR count). The predicted octanol–water partition coefficient (Wildman–Crippen LogP) is 4.42. The summed E-state index contributed by atoms with van der Waals surface area (Å²) in [5.41, 5.74) is 1.15. The van der Waals surface area contributed by atoms with Crippen molar-refractivity contribution in [2.75, 3.05) is 31.6 Å². The summed E-state index contributed by atoms with van der Waals surface area (Å²) >= 11 is 0. The van der Waals surface area contributed by atoms with Crippen LogP contribution in [0.25, 0.3) is 0 Å². The number of nitrogens with zero attached hydrogens (tertiary/aromatic N) is 2. The molecule has 1 unspecified atom stereocenters. The van der Waals surface area contributed by atoms with Gasteiger partial charge in [0.05, 0.1) is 24.8 Å². The molecular formula is C32H39N3O6S. The molecular weight excluding hydrogens is 554 g/mol. The first-order valence-corrected chi connectivity index (χ1v) is 15.6. The van der Waals surface area contributed by atoms with Gasteiger partial charge in [0.25, 0.3) is 10.0 Å². The molecule has 1 atom stereocenters. The molecule has 1 aliphatic carbocycles. The Morgan fingerprint density at radius 1 is 0.929 bits per heavy atom. The van der Waals surface area contributed by atoms with E-state index >= 15 is 0 Å². The summed E-state index contributed by atoms with van der Waals surface area (Å²) in [4.78, 5) is 29.0. The predicted molar refractivity (Wildman–Crippen MR) is 162 cm³/mol. The van der Waals surface area contributed by atoms with Crippen LogP contribution < -0.4 is 19.1 Å². The third-order valence-corrected chi connectivity index (χ3v) is 9.39. The van der Waals surface area contributed by atoms with E-state index in [1.54, 1.807) is 37.3 Å². The van der Waals surface area contributed by atoms with Gasteiger partial charge in [0.2, 0.25) is 11.8 Å². The molecule has 42 heavy (non-hydrogen) atoms. The van der Waals surface area contributed by atoms with Gasteiger partial charge in [0.15, 0.2) is 0 Å². The standard InChI is InChI=1S/C32H39N3O6S/c1-24(32(37)33-26-14-10-11-15-26)34(21-20-25-12-6-4-7-13-25)31(36)23-35(42(38,39)28-16-8-5-9-17-28)29-22-27(40-2)18-19-30(29)41-3/h4-9,12-13,16-19,22,24,26H,10-11,14-15,20-21,23H2,1-3H3,(H,33,37). The fraction of sp³-hybridized carbons (Fsp3) is 0.375. The molecule has 0 radical (unpaired) electrons. The number of anilines is 1. The van der Waals surface area contributed by atoms with E-state index < -0.39 is 28.5 Å². The largest absolute Gasteiger partial charge is 0.497 e. The van der Waals surface area contributed by atoms with E-state index in [-0.39, 0.29) is 34.8 Å². The molecule has 3 aromatic rings. The van der Waals surface area contributed by atoms with Crippen molar-refractivity contribution in [1.29, 1.82) is 0 Å². The lowest BCUT2D eigenvalue weighted by Crippen LogP contribution is -2.53. The summed E-state index contributed by atoms with van der Waals surface area (Å²) in [6.07, 6.45) is 4.45. The average molecular weight is 594 g/mol. The van der Waals surface area contributed by atoms with Gasteiger partial charge < -0.3 is 19.7 Å². The first-order chi connectivity index (χ1) is 20.2. The highest BCUT2D eigenvalue weighted by molar-refractivity contribution is 7.92. The van der Waals surface area contributed by atoms with E-state index in [1.807, 2.05) is 30.3 Å². The fourth-order valence-corrected chi connectivity index (χ4v) is 6.62. The Morgan fingerprint density at radius 3 is 2.19 bits per heavy atom. The smallest absolute Gasteiger partial charge is 0.264 e. The highest BCUT2D eigenvalue weighted by Gasteiger charge is 2.34. The third-order valence-electron chi connectivity index (χ3n) is 7.62. The topological polar surface area (TPSA) is 105 Å². The Bertz CT molecular complexity index is 1440. The number of hydrogen-bond donors (Lipinski definition) is 1. The Morgan fingerprint density at radius 2 is 1.57 bits per heavy atom. The molecule has 0 aliphatic heterocycles. The number of carbonyl (C=O) groups is 2. The molecule has 3 aromatic carbocycles. The highest BCUT2D eigenvalue weighted by atomic mass is 32.2. The van der Waals surface area contributed by atoms with E-state index in [2.05, 4.69) is 5.32 Å². The van der Waals surface area contributed by atoms with Crippen LogP contribution in [0.1, 0.15) is 38.2 Å². The average Bonchev–Trinajstić information content (AvgIpc) is 3.53. The maximum Gasteiger partial charge on any atom is 0.264 e. The van der Waals surface area contributed by atoms with Gasteiger partial charge in [-0.25, -0.2) is 8.42 Å². The second-order valence-electron chi connectivity index (χ2n) is 10.4. The van der Waals surface area contributed by atoms with E-state index in [4.69, 9.17) is 9.47 Å². The Hall–Kier alpha value is -4.05. The van der Waals surface area contributed by atoms with E-state index in [9.17, 15) is 18.0 Å². The maximum atomic E-state index is 14.1. The molecule has 0 saturated heterocycles. The minimum absolute atomic E-state index is 0.0190. The zero-order valence-electron chi connectivity index (χ0n) is 24.4. The number of amides is 2. The summed E-state index contributed by atoms with van der Waals surface area (Å²) in [5, 5.41) is 3.09. The lowest BCUT2D eigenvalue weighted by atomic mass is 10.1. The van der Waals surface area contributed by atoms with Crippen molar-refractivity contribution in [1.82, 2.24) is 10.2 Å². The first-order valence-electron chi connectivity index (χ1n) is 14.2. The van der Waals surface area contributed by atoms with Crippen molar-refractivity contribution < 1.29 is 27.5 Å². The Kier molecular flexibility index (Phi) is 10.5. The second kappa shape index (κ2) is 14.2. The first kappa shape index (κ1) is 30.9. The number of sulfonamides is 1. The molecule has 1 aliphatic rings. The number of benzene rings is 3. The van der Waals surface area contributed by atoms with Crippen LogP contribution in [-0.2, 0) is 26.0 Å². The molecule has 0 heterocycles. The Balaban J connectivity index is 1.70. The van der Waals surface area contributed by atoms with Crippen LogP contribution in [0, 0.1) is 0 Å². The number of hydrogen-bond acceptors (Lipinski definition) is 6. The summed E-state index contributed by atoms with van der Waals surface area (Å²) in [7, 11) is -1.31. The number of nitrogens with one attached hydrogen (secondary N) is 1. The van der Waals surface area contributed by atoms with Gasteiger partial charge in [0, 0.05) is 18.7 Å². The quantitative estimate of drug-likeness (QED) is 0.315. The van der Waals surface area contributed by atoms with Gasteiger partial charge >= 0.3 is 0 Å². The monoisotopic (exact) mass is 593 g/mol. The zero-order valence-corrected chi connectivity index (χ0v) is 25.2. The van der Waals surface area contributed by atoms with Crippen LogP contribution in [0.4, 0.5) is 5.69 Å². The fourth-order valence-electron chi connectivity index (χ4n) is 5.19. The summed E-state index contributed by atoms with van der Waals surface area (Å²) in [6, 6.07) is 21.6. The lowest BCUT2D eigenvalue weighted by Gasteiger charge is -2.33. The van der Waals surface area contributed by atoms with E-state index in [1.165, 1.54) is 37.3 Å². The molecule has 0 bridgehead atoms. The number of ether oxygens (including phenoxy) is 2.